The Morgan fingerprint density at radius 3 is 2.12 bits per heavy atom. The number of rotatable bonds is 3. The van der Waals surface area contributed by atoms with Crippen LogP contribution in [-0.2, 0) is 9.63 Å². The number of nitrogens with zero attached hydrogens (tertiary/aromatic N) is 2. The van der Waals surface area contributed by atoms with Crippen LogP contribution in [-0.4, -0.2) is 59.9 Å². The molecule has 1 heterocycles. The van der Waals surface area contributed by atoms with Crippen molar-refractivity contribution in [2.24, 2.45) is 0 Å². The molecule has 1 saturated heterocycles. The molecule has 0 atom stereocenters. The van der Waals surface area contributed by atoms with Crippen molar-refractivity contribution < 1.29 is 19.8 Å². The minimum absolute atomic E-state index is 1.10. The molecule has 1 aliphatic heterocycles. The van der Waals surface area contributed by atoms with E-state index in [0.29, 0.717) is 0 Å². The molecule has 0 saturated carbocycles. The fourth-order valence-corrected chi connectivity index (χ4v) is 1.00. The quantitative estimate of drug-likeness (QED) is 0.517. The van der Waals surface area contributed by atoms with Crippen LogP contribution in [0.5, 0.6) is 0 Å². The van der Waals surface area contributed by atoms with Crippen LogP contribution < -0.4 is 5.32 Å². The highest BCUT2D eigenvalue weighted by Gasteiger charge is 2.31. The molecule has 0 aromatic carbocycles. The fourth-order valence-electron chi connectivity index (χ4n) is 1.00. The normalized spacial score (nSPS) is 16.6. The summed E-state index contributed by atoms with van der Waals surface area (Å²) >= 11 is 0. The molecule has 0 radical (unpaired) electrons. The smallest absolute Gasteiger partial charge is 0.335 e. The molecule has 100 valence electrons. The van der Waals surface area contributed by atoms with Crippen molar-refractivity contribution in [3.8, 4) is 0 Å². The van der Waals surface area contributed by atoms with Gasteiger partial charge in [0.25, 0.3) is 5.09 Å². The predicted molar refractivity (Wildman–Crippen MR) is 60.2 cm³/mol. The molecule has 2 N–H and O–H groups in total. The zero-order valence-corrected chi connectivity index (χ0v) is 10.3. The SMILES string of the molecule is CC(C)(O[N+](=O)[O-])C(=O)O.CN1CCNCC1. The first-order valence-electron chi connectivity index (χ1n) is 5.22. The first kappa shape index (κ1) is 15.6. The summed E-state index contributed by atoms with van der Waals surface area (Å²) in [6.45, 7) is 6.93. The Morgan fingerprint density at radius 1 is 1.47 bits per heavy atom. The van der Waals surface area contributed by atoms with Gasteiger partial charge in [-0.2, -0.15) is 0 Å². The maximum absolute atomic E-state index is 10.1. The molecule has 8 nitrogen and oxygen atoms in total. The van der Waals surface area contributed by atoms with Crippen LogP contribution in [0.4, 0.5) is 0 Å². The van der Waals surface area contributed by atoms with Crippen LogP contribution in [0.3, 0.4) is 0 Å². The van der Waals surface area contributed by atoms with Crippen molar-refractivity contribution in [2.75, 3.05) is 33.2 Å². The Labute approximate surface area is 99.6 Å². The third-order valence-electron chi connectivity index (χ3n) is 2.16. The van der Waals surface area contributed by atoms with Crippen molar-refractivity contribution in [1.29, 1.82) is 0 Å². The highest BCUT2D eigenvalue weighted by molar-refractivity contribution is 5.76. The molecule has 0 aromatic heterocycles. The Hall–Kier alpha value is -1.41. The van der Waals surface area contributed by atoms with Crippen molar-refractivity contribution in [1.82, 2.24) is 10.2 Å². The third-order valence-corrected chi connectivity index (χ3v) is 2.16. The molecule has 0 spiro atoms. The highest BCUT2D eigenvalue weighted by atomic mass is 17.0. The van der Waals surface area contributed by atoms with E-state index in [4.69, 9.17) is 5.11 Å². The highest BCUT2D eigenvalue weighted by Crippen LogP contribution is 2.07. The summed E-state index contributed by atoms with van der Waals surface area (Å²) in [5.74, 6) is -1.37. The lowest BCUT2D eigenvalue weighted by atomic mass is 10.1. The van der Waals surface area contributed by atoms with Gasteiger partial charge in [0.2, 0.25) is 5.60 Å². The van der Waals surface area contributed by atoms with Gasteiger partial charge in [-0.25, -0.2) is 4.79 Å². The number of likely N-dealkylation sites (N-methyl/N-ethyl adjacent to an activating group) is 1. The van der Waals surface area contributed by atoms with E-state index in [1.54, 1.807) is 0 Å². The molecule has 1 aliphatic rings. The Bertz CT molecular complexity index is 263. The lowest BCUT2D eigenvalue weighted by Crippen LogP contribution is -2.40. The van der Waals surface area contributed by atoms with Gasteiger partial charge < -0.3 is 15.3 Å². The summed E-state index contributed by atoms with van der Waals surface area (Å²) in [6, 6.07) is 0. The van der Waals surface area contributed by atoms with E-state index in [1.807, 2.05) is 0 Å². The minimum atomic E-state index is -1.76. The summed E-state index contributed by atoms with van der Waals surface area (Å²) < 4.78 is 0. The van der Waals surface area contributed by atoms with Crippen LogP contribution in [0.15, 0.2) is 0 Å². The first-order valence-corrected chi connectivity index (χ1v) is 5.22. The second-order valence-corrected chi connectivity index (χ2v) is 4.18. The molecule has 1 rings (SSSR count). The fraction of sp³-hybridized carbons (Fsp3) is 0.889. The van der Waals surface area contributed by atoms with Gasteiger partial charge >= 0.3 is 5.97 Å². The second-order valence-electron chi connectivity index (χ2n) is 4.18. The van der Waals surface area contributed by atoms with E-state index < -0.39 is 16.7 Å². The van der Waals surface area contributed by atoms with Crippen LogP contribution in [0.25, 0.3) is 0 Å². The molecular weight excluding hydrogens is 230 g/mol. The van der Waals surface area contributed by atoms with Gasteiger partial charge in [-0.3, -0.25) is 4.84 Å². The molecule has 0 unspecified atom stereocenters. The Balaban J connectivity index is 0.000000318. The van der Waals surface area contributed by atoms with Gasteiger partial charge in [0.05, 0.1) is 0 Å². The molecule has 0 aromatic rings. The minimum Gasteiger partial charge on any atom is -0.479 e. The van der Waals surface area contributed by atoms with E-state index in [2.05, 4.69) is 22.1 Å². The Kier molecular flexibility index (Phi) is 6.44. The van der Waals surface area contributed by atoms with Gasteiger partial charge in [0, 0.05) is 26.2 Å². The summed E-state index contributed by atoms with van der Waals surface area (Å²) in [5.41, 5.74) is -1.76. The maximum atomic E-state index is 10.1. The lowest BCUT2D eigenvalue weighted by Gasteiger charge is -2.21. The van der Waals surface area contributed by atoms with Gasteiger partial charge in [0.1, 0.15) is 0 Å². The molecule has 0 aliphatic carbocycles. The molecule has 17 heavy (non-hydrogen) atoms. The van der Waals surface area contributed by atoms with Crippen molar-refractivity contribution in [2.45, 2.75) is 19.4 Å². The average Bonchev–Trinajstić information content (AvgIpc) is 2.17. The standard InChI is InChI=1S/C5H12N2.C4H7NO5/c1-7-4-2-6-3-5-7;1-4(2,3(6)7)10-5(8)9/h6H,2-5H2,1H3;1-2H3,(H,6,7). The van der Waals surface area contributed by atoms with Crippen molar-refractivity contribution in [3.63, 3.8) is 0 Å². The summed E-state index contributed by atoms with van der Waals surface area (Å²) in [4.78, 5) is 25.9. The van der Waals surface area contributed by atoms with Crippen LogP contribution in [0.2, 0.25) is 0 Å². The average molecular weight is 249 g/mol. The first-order chi connectivity index (χ1) is 7.75. The van der Waals surface area contributed by atoms with Crippen LogP contribution >= 0.6 is 0 Å². The topological polar surface area (TPSA) is 105 Å². The number of nitrogens with one attached hydrogen (secondary N) is 1. The van der Waals surface area contributed by atoms with Gasteiger partial charge in [-0.15, -0.1) is 10.1 Å². The predicted octanol–water partition coefficient (Wildman–Crippen LogP) is -0.421. The van der Waals surface area contributed by atoms with Crippen LogP contribution in [0.1, 0.15) is 13.8 Å². The number of hydrogen-bond donors (Lipinski definition) is 2. The van der Waals surface area contributed by atoms with Gasteiger partial charge in [-0.05, 0) is 20.9 Å². The largest absolute Gasteiger partial charge is 0.479 e. The molecule has 8 heteroatoms. The molecule has 0 bridgehead atoms. The van der Waals surface area contributed by atoms with E-state index in [9.17, 15) is 14.9 Å². The molecular formula is C9H19N3O5. The number of hydrogen-bond acceptors (Lipinski definition) is 6. The second kappa shape index (κ2) is 7.02. The Morgan fingerprint density at radius 2 is 1.94 bits per heavy atom. The van der Waals surface area contributed by atoms with E-state index in [-0.39, 0.29) is 0 Å². The third kappa shape index (κ3) is 7.47. The number of carbonyl (C=O) groups is 1. The van der Waals surface area contributed by atoms with E-state index in [0.717, 1.165) is 26.9 Å². The van der Waals surface area contributed by atoms with Crippen molar-refractivity contribution >= 4 is 5.97 Å². The maximum Gasteiger partial charge on any atom is 0.335 e. The van der Waals surface area contributed by atoms with E-state index >= 15 is 0 Å². The molecule has 0 amide bonds. The zero-order chi connectivity index (χ0) is 13.5. The zero-order valence-electron chi connectivity index (χ0n) is 10.3. The molecule has 1 fully saturated rings. The van der Waals surface area contributed by atoms with Gasteiger partial charge in [0.15, 0.2) is 0 Å². The number of carboxylic acids is 1. The number of carboxylic acid groups (broad SMARTS) is 1. The monoisotopic (exact) mass is 249 g/mol. The van der Waals surface area contributed by atoms with Crippen LogP contribution in [0, 0.1) is 10.1 Å². The summed E-state index contributed by atoms with van der Waals surface area (Å²) in [5, 5.41) is 20.0. The van der Waals surface area contributed by atoms with E-state index in [1.165, 1.54) is 13.1 Å². The number of piperazine rings is 1. The summed E-state index contributed by atoms with van der Waals surface area (Å²) in [6.07, 6.45) is 0. The number of aliphatic carboxylic acids is 1. The summed E-state index contributed by atoms with van der Waals surface area (Å²) in [7, 11) is 2.15. The van der Waals surface area contributed by atoms with Gasteiger partial charge in [-0.1, -0.05) is 0 Å². The lowest BCUT2D eigenvalue weighted by molar-refractivity contribution is -0.774. The van der Waals surface area contributed by atoms with Crippen molar-refractivity contribution in [3.05, 3.63) is 10.1 Å².